The van der Waals surface area contributed by atoms with Crippen LogP contribution in [0.2, 0.25) is 10.2 Å². The predicted octanol–water partition coefficient (Wildman–Crippen LogP) is 4.21. The highest BCUT2D eigenvalue weighted by molar-refractivity contribution is 6.34. The number of carbonyl (C=O) groups is 1. The monoisotopic (exact) mass is 327 g/mol. The third-order valence-electron chi connectivity index (χ3n) is 2.59. The minimum atomic E-state index is -0.473. The lowest BCUT2D eigenvalue weighted by Crippen LogP contribution is -2.13. The van der Waals surface area contributed by atoms with Crippen LogP contribution in [0.25, 0.3) is 0 Å². The van der Waals surface area contributed by atoms with Gasteiger partial charge < -0.3 is 10.6 Å². The number of rotatable bonds is 4. The van der Waals surface area contributed by atoms with Gasteiger partial charge in [0.05, 0.1) is 10.7 Å². The molecule has 1 heterocycles. The van der Waals surface area contributed by atoms with Crippen LogP contribution in [-0.2, 0) is 0 Å². The van der Waals surface area contributed by atoms with Gasteiger partial charge in [0.2, 0.25) is 0 Å². The second-order valence-electron chi connectivity index (χ2n) is 4.17. The van der Waals surface area contributed by atoms with Crippen LogP contribution in [-0.4, -0.2) is 17.4 Å². The van der Waals surface area contributed by atoms with E-state index in [1.165, 1.54) is 18.2 Å². The Labute approximate surface area is 131 Å². The molecule has 21 heavy (non-hydrogen) atoms. The minimum Gasteiger partial charge on any atom is -0.370 e. The molecule has 1 aromatic heterocycles. The average molecular weight is 328 g/mol. The molecule has 110 valence electrons. The van der Waals surface area contributed by atoms with E-state index in [1.807, 2.05) is 6.92 Å². The Morgan fingerprint density at radius 3 is 2.71 bits per heavy atom. The van der Waals surface area contributed by atoms with Gasteiger partial charge in [-0.25, -0.2) is 9.37 Å². The summed E-state index contributed by atoms with van der Waals surface area (Å²) in [6.07, 6.45) is 0. The third kappa shape index (κ3) is 4.06. The molecule has 0 aliphatic carbocycles. The molecule has 0 radical (unpaired) electrons. The second kappa shape index (κ2) is 6.74. The Morgan fingerprint density at radius 1 is 1.29 bits per heavy atom. The van der Waals surface area contributed by atoms with Crippen molar-refractivity contribution in [1.82, 2.24) is 4.98 Å². The zero-order valence-electron chi connectivity index (χ0n) is 11.1. The van der Waals surface area contributed by atoms with E-state index < -0.39 is 11.7 Å². The summed E-state index contributed by atoms with van der Waals surface area (Å²) in [6.45, 7) is 2.55. The summed E-state index contributed by atoms with van der Waals surface area (Å²) in [6, 6.07) is 6.74. The Morgan fingerprint density at radius 2 is 2.05 bits per heavy atom. The summed E-state index contributed by atoms with van der Waals surface area (Å²) in [4.78, 5) is 16.2. The zero-order valence-corrected chi connectivity index (χ0v) is 12.6. The van der Waals surface area contributed by atoms with Crippen molar-refractivity contribution in [2.45, 2.75) is 6.92 Å². The summed E-state index contributed by atoms with van der Waals surface area (Å²) in [5.74, 6) is -0.383. The molecule has 0 spiro atoms. The molecular weight excluding hydrogens is 316 g/mol. The molecule has 0 saturated heterocycles. The maximum Gasteiger partial charge on any atom is 0.255 e. The quantitative estimate of drug-likeness (QED) is 0.827. The Hall–Kier alpha value is -1.85. The zero-order chi connectivity index (χ0) is 15.4. The number of carbonyl (C=O) groups excluding carboxylic acids is 1. The molecule has 2 N–H and O–H groups in total. The number of pyridine rings is 1. The van der Waals surface area contributed by atoms with Gasteiger partial charge >= 0.3 is 0 Å². The number of benzene rings is 1. The normalized spacial score (nSPS) is 10.3. The number of hydrogen-bond acceptors (Lipinski definition) is 3. The highest BCUT2D eigenvalue weighted by Gasteiger charge is 2.11. The van der Waals surface area contributed by atoms with Gasteiger partial charge in [-0.15, -0.1) is 0 Å². The molecule has 0 bridgehead atoms. The summed E-state index contributed by atoms with van der Waals surface area (Å²) >= 11 is 11.7. The standard InChI is InChI=1S/C14H12Cl2FN3O/c1-2-18-13-6-8(5-12(16)20-13)14(21)19-11-4-3-9(17)7-10(11)15/h3-7H,2H2,1H3,(H,18,20)(H,19,21). The fraction of sp³-hybridized carbons (Fsp3) is 0.143. The van der Waals surface area contributed by atoms with E-state index >= 15 is 0 Å². The van der Waals surface area contributed by atoms with Gasteiger partial charge in [-0.3, -0.25) is 4.79 Å². The van der Waals surface area contributed by atoms with Crippen molar-refractivity contribution in [1.29, 1.82) is 0 Å². The van der Waals surface area contributed by atoms with Crippen LogP contribution in [0.1, 0.15) is 17.3 Å². The first kappa shape index (κ1) is 15.5. The first-order chi connectivity index (χ1) is 9.99. The highest BCUT2D eigenvalue weighted by atomic mass is 35.5. The smallest absolute Gasteiger partial charge is 0.255 e. The van der Waals surface area contributed by atoms with Crippen molar-refractivity contribution in [2.75, 3.05) is 17.2 Å². The maximum atomic E-state index is 13.0. The molecule has 1 amide bonds. The first-order valence-corrected chi connectivity index (χ1v) is 6.93. The molecule has 0 unspecified atom stereocenters. The number of amides is 1. The fourth-order valence-electron chi connectivity index (χ4n) is 1.69. The van der Waals surface area contributed by atoms with Crippen molar-refractivity contribution in [3.8, 4) is 0 Å². The molecular formula is C14H12Cl2FN3O. The molecule has 2 aromatic rings. The van der Waals surface area contributed by atoms with Crippen LogP contribution >= 0.6 is 23.2 Å². The first-order valence-electron chi connectivity index (χ1n) is 6.17. The van der Waals surface area contributed by atoms with Gasteiger partial charge in [0.1, 0.15) is 16.8 Å². The molecule has 4 nitrogen and oxygen atoms in total. The number of nitrogens with zero attached hydrogens (tertiary/aromatic N) is 1. The lowest BCUT2D eigenvalue weighted by molar-refractivity contribution is 0.102. The average Bonchev–Trinajstić information content (AvgIpc) is 2.41. The summed E-state index contributed by atoms with van der Waals surface area (Å²) in [5.41, 5.74) is 0.646. The highest BCUT2D eigenvalue weighted by Crippen LogP contribution is 2.23. The number of nitrogens with one attached hydrogen (secondary N) is 2. The lowest BCUT2D eigenvalue weighted by atomic mass is 10.2. The molecule has 2 rings (SSSR count). The molecule has 1 aromatic carbocycles. The van der Waals surface area contributed by atoms with E-state index in [9.17, 15) is 9.18 Å². The van der Waals surface area contributed by atoms with Crippen molar-refractivity contribution >= 4 is 40.6 Å². The van der Waals surface area contributed by atoms with Gasteiger partial charge in [0.25, 0.3) is 5.91 Å². The summed E-state index contributed by atoms with van der Waals surface area (Å²) < 4.78 is 13.0. The van der Waals surface area contributed by atoms with Crippen molar-refractivity contribution < 1.29 is 9.18 Å². The van der Waals surface area contributed by atoms with E-state index in [0.29, 0.717) is 23.6 Å². The van der Waals surface area contributed by atoms with Crippen LogP contribution < -0.4 is 10.6 Å². The number of hydrogen-bond donors (Lipinski definition) is 2. The Kier molecular flexibility index (Phi) is 4.98. The minimum absolute atomic E-state index is 0.121. The van der Waals surface area contributed by atoms with Crippen LogP contribution in [0.5, 0.6) is 0 Å². The van der Waals surface area contributed by atoms with E-state index in [-0.39, 0.29) is 10.2 Å². The molecule has 0 aliphatic heterocycles. The summed E-state index contributed by atoms with van der Waals surface area (Å²) in [5, 5.41) is 5.89. The molecule has 0 saturated carbocycles. The fourth-order valence-corrected chi connectivity index (χ4v) is 2.11. The van der Waals surface area contributed by atoms with Gasteiger partial charge in [-0.2, -0.15) is 0 Å². The SMILES string of the molecule is CCNc1cc(C(=O)Nc2ccc(F)cc2Cl)cc(Cl)n1. The molecule has 0 fully saturated rings. The summed E-state index contributed by atoms with van der Waals surface area (Å²) in [7, 11) is 0. The topological polar surface area (TPSA) is 54.0 Å². The van der Waals surface area contributed by atoms with E-state index in [1.54, 1.807) is 6.07 Å². The van der Waals surface area contributed by atoms with Crippen molar-refractivity contribution in [3.63, 3.8) is 0 Å². The second-order valence-corrected chi connectivity index (χ2v) is 4.97. The number of anilines is 2. The lowest BCUT2D eigenvalue weighted by Gasteiger charge is -2.09. The van der Waals surface area contributed by atoms with Crippen molar-refractivity contribution in [3.05, 3.63) is 51.9 Å². The van der Waals surface area contributed by atoms with E-state index in [4.69, 9.17) is 23.2 Å². The van der Waals surface area contributed by atoms with Crippen molar-refractivity contribution in [2.24, 2.45) is 0 Å². The Bertz CT molecular complexity index is 679. The van der Waals surface area contributed by atoms with Crippen LogP contribution in [0.4, 0.5) is 15.9 Å². The van der Waals surface area contributed by atoms with Crippen LogP contribution in [0.3, 0.4) is 0 Å². The van der Waals surface area contributed by atoms with E-state index in [0.717, 1.165) is 6.07 Å². The third-order valence-corrected chi connectivity index (χ3v) is 3.10. The van der Waals surface area contributed by atoms with Crippen LogP contribution in [0.15, 0.2) is 30.3 Å². The Balaban J connectivity index is 2.23. The molecule has 0 aliphatic rings. The predicted molar refractivity (Wildman–Crippen MR) is 82.8 cm³/mol. The van der Waals surface area contributed by atoms with Crippen LogP contribution in [0, 0.1) is 5.82 Å². The molecule has 7 heteroatoms. The largest absolute Gasteiger partial charge is 0.370 e. The molecule has 0 atom stereocenters. The van der Waals surface area contributed by atoms with Gasteiger partial charge in [-0.05, 0) is 37.3 Å². The van der Waals surface area contributed by atoms with E-state index in [2.05, 4.69) is 15.6 Å². The maximum absolute atomic E-state index is 13.0. The van der Waals surface area contributed by atoms with Gasteiger partial charge in [0, 0.05) is 12.1 Å². The van der Waals surface area contributed by atoms with Gasteiger partial charge in [0.15, 0.2) is 0 Å². The van der Waals surface area contributed by atoms with Gasteiger partial charge in [-0.1, -0.05) is 23.2 Å². The number of aromatic nitrogens is 1. The number of halogens is 3.